The summed E-state index contributed by atoms with van der Waals surface area (Å²) in [5.74, 6) is 0. The molecular weight excluding hydrogens is 1560 g/mol. The number of rotatable bonds is 9. The van der Waals surface area contributed by atoms with Crippen LogP contribution in [-0.2, 0) is 9.31 Å². The molecule has 5 N–H and O–H groups in total. The normalized spacial score (nSPS) is 16.9. The molecule has 0 amide bonds. The Balaban J connectivity index is 0.000000175. The fourth-order valence-corrected chi connectivity index (χ4v) is 10.8. The van der Waals surface area contributed by atoms with Crippen LogP contribution < -0.4 is 27.1 Å². The van der Waals surface area contributed by atoms with Crippen LogP contribution in [0.4, 0.5) is 44.2 Å². The van der Waals surface area contributed by atoms with Gasteiger partial charge in [0, 0.05) is 85.5 Å². The zero-order chi connectivity index (χ0) is 108. The third kappa shape index (κ3) is 20.5. The van der Waals surface area contributed by atoms with Gasteiger partial charge in [0.15, 0.2) is 0 Å². The fourth-order valence-electron chi connectivity index (χ4n) is 10.2. The Morgan fingerprint density at radius 1 is 0.389 bits per heavy atom. The molecule has 17 aromatic rings. The maximum absolute atomic E-state index is 9.96. The third-order valence-corrected chi connectivity index (χ3v) is 16.7. The number of hydrogen-bond acceptors (Lipinski definition) is 11. The number of nitrogen functional groups attached to an aromatic ring is 1. The van der Waals surface area contributed by atoms with Gasteiger partial charge < -0.3 is 44.2 Å². The summed E-state index contributed by atoms with van der Waals surface area (Å²) in [7, 11) is 2.96. The third-order valence-electron chi connectivity index (χ3n) is 15.5. The van der Waals surface area contributed by atoms with Crippen molar-refractivity contribution in [2.24, 2.45) is 4.30 Å². The second-order valence-corrected chi connectivity index (χ2v) is 25.4. The van der Waals surface area contributed by atoms with E-state index in [-0.39, 0.29) is 197 Å². The van der Waals surface area contributed by atoms with Crippen molar-refractivity contribution in [3.63, 3.8) is 0 Å². The first-order chi connectivity index (χ1) is 68.0. The molecule has 4 heterocycles. The van der Waals surface area contributed by atoms with Gasteiger partial charge >= 0.3 is 31.9 Å². The molecule has 0 unspecified atom stereocenters. The van der Waals surface area contributed by atoms with Crippen LogP contribution in [0.25, 0.3) is 88.1 Å². The topological polar surface area (TPSA) is 132 Å². The molecule has 0 saturated carbocycles. The van der Waals surface area contributed by atoms with Gasteiger partial charge in [-0.15, -0.1) is 0 Å². The average Bonchev–Trinajstić information content (AvgIpc) is 1.68. The van der Waals surface area contributed by atoms with Gasteiger partial charge in [0.05, 0.1) is 69.1 Å². The van der Waals surface area contributed by atoms with E-state index in [1.54, 1.807) is 36.4 Å². The fraction of sp³-hybridized carbons (Fsp3) is 0.0769. The molecule has 0 bridgehead atoms. The Morgan fingerprint density at radius 2 is 0.667 bits per heavy atom. The SMILES string of the molecule is CC1(C)OB(c2cccc3oc4ccccc4c23)OC1(C)C.[2H]CF.[2H]c1c([2H])c(-c2cccc3oc4ccccc4c23)c([2H])c([2H])c1Nc1c([2H])c([2H])c(-c2cccc3oc4ccccc4c23)c([2H])c1[2H].[2H]c1c([2H])c(Nc2c([2H])c([2H])c(Br)c([2H])c2[2H])c([2H])c([2H])c1Br.[2H]c1c([2H])c([2H])c(Br)c([2H])c1[2H].[2H]c1c([2H])c([2H])c(N)c([2H])c1[2H].[2H]c1c([2H])c([2H])c(Nc2c([2H])c([2H])c([2H])c([2H])c2[2H])c([2H])c1[2H].[B]=NS. The average molecular weight is 1670 g/mol. The number of halogens is 4. The predicted molar refractivity (Wildman–Crippen MR) is 468 cm³/mol. The number of fused-ring (bicyclic) bond motifs is 9. The van der Waals surface area contributed by atoms with Crippen molar-refractivity contribution in [3.8, 4) is 22.3 Å². The molecule has 1 radical (unpaired) electrons. The van der Waals surface area contributed by atoms with Gasteiger partial charge in [-0.2, -0.15) is 0 Å². The molecule has 10 nitrogen and oxygen atoms in total. The van der Waals surface area contributed by atoms with Gasteiger partial charge in [0.1, 0.15) is 33.5 Å². The summed E-state index contributed by atoms with van der Waals surface area (Å²) in [5.41, 5.74) is 8.96. The number of nitrogens with one attached hydrogen (secondary N) is 3. The second kappa shape index (κ2) is 38.2. The summed E-state index contributed by atoms with van der Waals surface area (Å²) in [6.07, 6.45) is 0. The van der Waals surface area contributed by atoms with Crippen molar-refractivity contribution in [1.82, 2.24) is 0 Å². The van der Waals surface area contributed by atoms with Crippen LogP contribution in [0.5, 0.6) is 0 Å². The number of para-hydroxylation sites is 6. The Hall–Kier alpha value is -10.8. The van der Waals surface area contributed by atoms with Crippen LogP contribution in [0.3, 0.4) is 0 Å². The number of benzene rings is 14. The van der Waals surface area contributed by atoms with Crippen LogP contribution in [0.1, 0.15) is 78.4 Å². The van der Waals surface area contributed by atoms with E-state index >= 15 is 0 Å². The van der Waals surface area contributed by atoms with E-state index in [2.05, 4.69) is 128 Å². The standard InChI is InChI=1S/C36H23NO2.C18H19BO3.C12H9Br2N.C12H11N.C6H5Br.C6H7N.CH3F.BHNS/c1-3-11-31-29(7-1)35-27(9-5-13-33(35)38-31)23-15-19-25(20-16-23)37-26-21-17-24(18-22-26)28-10-6-14-34-36(28)30-8-2-4-12-32(30)39-34;1-17(2)18(3,4)22-19(21-17)13-9-7-11-15-16(13)12-8-5-6-10-14(12)20-15;13-9-1-5-11(6-2-9)15-12-7-3-10(14)4-8-12;1-3-7-11(8-4-1)13-12-9-5-2-6-10-12;2*7-6-4-2-1-3-5-6;1-2;1-2-3/h1-22,37H;5-11H,1-4H3;1-8,15H;1-10,13H;1-5H;1-5H,7H2;1H3;3H/i15D,16D,17D,18D,19D,20D,21D,22D;;1D,2D,3D,4D,5D,6D,7D,8D;1D,2D,3D,4D,5D,6D,7D,8D,9D,10D;2*1D,2D,3D,4D,5D;1D;. The minimum absolute atomic E-state index is 0.00779. The number of hydrogen-bond donors (Lipinski definition) is 5. The van der Waals surface area contributed by atoms with E-state index in [1.807, 2.05) is 78.9 Å². The molecule has 108 heavy (non-hydrogen) atoms. The predicted octanol–water partition coefficient (Wildman–Crippen LogP) is 27.3. The number of anilines is 7. The van der Waals surface area contributed by atoms with Crippen LogP contribution in [0.2, 0.25) is 0 Å². The molecule has 1 fully saturated rings. The van der Waals surface area contributed by atoms with Gasteiger partial charge in [-0.1, -0.05) is 235 Å². The van der Waals surface area contributed by atoms with Crippen molar-refractivity contribution in [2.75, 3.05) is 28.8 Å². The molecular formula is C91H78B2Br3FN5O5S. The minimum atomic E-state index is -1.00. The van der Waals surface area contributed by atoms with E-state index in [9.17, 15) is 4.39 Å². The molecule has 0 aliphatic carbocycles. The molecule has 1 saturated heterocycles. The van der Waals surface area contributed by atoms with Gasteiger partial charge in [0.25, 0.3) is 0 Å². The molecule has 537 valence electrons. The number of furan rings is 3. The van der Waals surface area contributed by atoms with Gasteiger partial charge in [0.2, 0.25) is 0 Å². The van der Waals surface area contributed by atoms with Crippen LogP contribution in [0.15, 0.2) is 376 Å². The first-order valence-electron chi connectivity index (χ1n) is 50.4. The van der Waals surface area contributed by atoms with Crippen molar-refractivity contribution >= 4 is 186 Å². The van der Waals surface area contributed by atoms with Crippen LogP contribution in [0, 0.1) is 0 Å². The number of nitrogens with two attached hydrogens (primary N) is 1. The van der Waals surface area contributed by atoms with Crippen LogP contribution in [-0.4, -0.2) is 33.1 Å². The van der Waals surface area contributed by atoms with Crippen molar-refractivity contribution in [2.45, 2.75) is 38.9 Å². The van der Waals surface area contributed by atoms with E-state index in [0.717, 1.165) is 38.2 Å². The quantitative estimate of drug-likeness (QED) is 0.0544. The molecule has 0 spiro atoms. The summed E-state index contributed by atoms with van der Waals surface area (Å²) in [6, 6.07) is 24.7. The number of nitrogens with zero attached hydrogens (tertiary/aromatic N) is 1. The summed E-state index contributed by atoms with van der Waals surface area (Å²) >= 11 is 12.1. The Labute approximate surface area is 713 Å². The monoisotopic (exact) mass is 1670 g/mol. The summed E-state index contributed by atoms with van der Waals surface area (Å²) in [5, 5.41) is 12.7. The Bertz CT molecular complexity index is 7130. The van der Waals surface area contributed by atoms with Gasteiger partial charge in [-0.05, 0) is 213 Å². The van der Waals surface area contributed by atoms with Gasteiger partial charge in [-0.3, -0.25) is 4.39 Å². The Kier molecular flexibility index (Phi) is 15.3. The second-order valence-electron chi connectivity index (χ2n) is 22.8. The Morgan fingerprint density at radius 3 is 1.04 bits per heavy atom. The molecule has 1 aliphatic rings. The van der Waals surface area contributed by atoms with E-state index in [0.29, 0.717) is 44.2 Å². The molecule has 0 atom stereocenters. The van der Waals surface area contributed by atoms with Crippen molar-refractivity contribution in [3.05, 3.63) is 358 Å². The summed E-state index contributed by atoms with van der Waals surface area (Å²) in [6.45, 7) is 8.28. The zero-order valence-electron chi connectivity index (χ0n) is 94.0. The maximum atomic E-state index is 9.96. The van der Waals surface area contributed by atoms with Crippen molar-refractivity contribution in [1.29, 1.82) is 0 Å². The summed E-state index contributed by atoms with van der Waals surface area (Å²) < 4.78 is 331. The zero-order valence-corrected chi connectivity index (χ0v) is 62.7. The molecule has 17 heteroatoms. The van der Waals surface area contributed by atoms with E-state index < -0.39 is 110 Å². The molecule has 3 aromatic heterocycles. The first kappa shape index (κ1) is 43.3. The van der Waals surface area contributed by atoms with Crippen LogP contribution >= 0.6 is 60.6 Å². The number of thiol groups is 1. The van der Waals surface area contributed by atoms with Crippen molar-refractivity contribution < 1.29 is 77.7 Å². The van der Waals surface area contributed by atoms with E-state index in [1.165, 1.54) is 0 Å². The first-order valence-corrected chi connectivity index (χ1v) is 34.5. The molecule has 1 aliphatic heterocycles. The van der Waals surface area contributed by atoms with Gasteiger partial charge in [-0.25, -0.2) is 0 Å². The molecule has 14 aromatic carbocycles. The molecule has 18 rings (SSSR count). The summed E-state index contributed by atoms with van der Waals surface area (Å²) in [4.78, 5) is 0. The van der Waals surface area contributed by atoms with E-state index in [4.69, 9.17) is 79.0 Å². The number of alkyl halides is 1.